The number of nitrogens with one attached hydrogen (secondary N) is 2. The summed E-state index contributed by atoms with van der Waals surface area (Å²) in [5.41, 5.74) is 2.49. The van der Waals surface area contributed by atoms with Gasteiger partial charge in [-0.15, -0.1) is 16.2 Å². The van der Waals surface area contributed by atoms with E-state index in [9.17, 15) is 13.2 Å². The smallest absolute Gasteiger partial charge is 0.266 e. The molecule has 4 fully saturated rings. The first-order valence-electron chi connectivity index (χ1n) is 8.40. The first-order chi connectivity index (χ1) is 11.3. The lowest BCUT2D eigenvalue weighted by Crippen LogP contribution is -2.49. The Kier molecular flexibility index (Phi) is 4.18. The number of hydrazine groups is 1. The minimum Gasteiger partial charge on any atom is -0.278 e. The van der Waals surface area contributed by atoms with E-state index >= 15 is 0 Å². The number of carbonyl (C=O) groups excluding carboxylic acids is 1. The number of amides is 1. The molecule has 0 aliphatic heterocycles. The van der Waals surface area contributed by atoms with E-state index in [0.717, 1.165) is 48.4 Å². The van der Waals surface area contributed by atoms with Crippen LogP contribution in [0.1, 0.15) is 44.9 Å². The molecular formula is C16H21ClN2O3S2. The van der Waals surface area contributed by atoms with Crippen molar-refractivity contribution in [2.24, 2.45) is 23.2 Å². The number of halogens is 1. The molecule has 0 atom stereocenters. The lowest BCUT2D eigenvalue weighted by atomic mass is 9.49. The molecule has 0 unspecified atom stereocenters. The summed E-state index contributed by atoms with van der Waals surface area (Å²) in [7, 11) is -3.75. The third-order valence-electron chi connectivity index (χ3n) is 5.84. The van der Waals surface area contributed by atoms with Gasteiger partial charge in [0.1, 0.15) is 4.21 Å². The quantitative estimate of drug-likeness (QED) is 0.760. The number of carbonyl (C=O) groups is 1. The highest BCUT2D eigenvalue weighted by atomic mass is 35.5. The molecule has 5 nitrogen and oxygen atoms in total. The highest BCUT2D eigenvalue weighted by Crippen LogP contribution is 2.61. The maximum absolute atomic E-state index is 12.4. The minimum atomic E-state index is -3.75. The van der Waals surface area contributed by atoms with Gasteiger partial charge in [0, 0.05) is 6.42 Å². The molecule has 0 radical (unpaired) electrons. The summed E-state index contributed by atoms with van der Waals surface area (Å²) >= 11 is 6.74. The van der Waals surface area contributed by atoms with Crippen LogP contribution < -0.4 is 10.3 Å². The average molecular weight is 389 g/mol. The van der Waals surface area contributed by atoms with Gasteiger partial charge in [0.15, 0.2) is 0 Å². The van der Waals surface area contributed by atoms with Gasteiger partial charge < -0.3 is 0 Å². The fourth-order valence-corrected chi connectivity index (χ4v) is 7.85. The Bertz CT molecular complexity index is 724. The summed E-state index contributed by atoms with van der Waals surface area (Å²) in [5.74, 6) is 2.08. The monoisotopic (exact) mass is 388 g/mol. The van der Waals surface area contributed by atoms with E-state index < -0.39 is 10.0 Å². The van der Waals surface area contributed by atoms with Gasteiger partial charge in [-0.05, 0) is 73.8 Å². The molecule has 4 aliphatic rings. The van der Waals surface area contributed by atoms with Gasteiger partial charge in [0.25, 0.3) is 10.0 Å². The Hall–Kier alpha value is -0.630. The Morgan fingerprint density at radius 1 is 1.17 bits per heavy atom. The van der Waals surface area contributed by atoms with Gasteiger partial charge in [-0.2, -0.15) is 0 Å². The van der Waals surface area contributed by atoms with Crippen LogP contribution in [0.15, 0.2) is 16.3 Å². The van der Waals surface area contributed by atoms with Crippen LogP contribution >= 0.6 is 22.9 Å². The van der Waals surface area contributed by atoms with Crippen molar-refractivity contribution in [2.45, 2.75) is 49.2 Å². The standard InChI is InChI=1S/C16H21ClN2O3S2/c17-13-1-2-15(23-13)24(21,22)19-18-14(20)9-16-6-10-3-11(7-16)5-12(4-10)8-16/h1-2,10-12,19H,3-9H2,(H,18,20). The van der Waals surface area contributed by atoms with Crippen LogP contribution in [-0.4, -0.2) is 14.3 Å². The molecule has 0 spiro atoms. The normalized spacial score (nSPS) is 34.5. The van der Waals surface area contributed by atoms with Crippen molar-refractivity contribution in [2.75, 3.05) is 0 Å². The second-order valence-electron chi connectivity index (χ2n) is 7.81. The highest BCUT2D eigenvalue weighted by molar-refractivity contribution is 7.91. The van der Waals surface area contributed by atoms with Crippen molar-refractivity contribution in [3.8, 4) is 0 Å². The summed E-state index contributed by atoms with van der Waals surface area (Å²) in [5, 5.41) is 0. The molecule has 8 heteroatoms. The van der Waals surface area contributed by atoms with Gasteiger partial charge in [-0.3, -0.25) is 10.2 Å². The highest BCUT2D eigenvalue weighted by Gasteiger charge is 2.51. The topological polar surface area (TPSA) is 75.3 Å². The second-order valence-corrected chi connectivity index (χ2v) is 11.4. The lowest BCUT2D eigenvalue weighted by molar-refractivity contribution is -0.129. The van der Waals surface area contributed by atoms with Gasteiger partial charge >= 0.3 is 0 Å². The summed E-state index contributed by atoms with van der Waals surface area (Å²) in [6.45, 7) is 0. The van der Waals surface area contributed by atoms with E-state index in [1.165, 1.54) is 31.4 Å². The molecule has 5 rings (SSSR count). The van der Waals surface area contributed by atoms with E-state index in [4.69, 9.17) is 11.6 Å². The van der Waals surface area contributed by atoms with Gasteiger partial charge in [-0.25, -0.2) is 8.42 Å². The predicted molar refractivity (Wildman–Crippen MR) is 93.0 cm³/mol. The third-order valence-corrected chi connectivity index (χ3v) is 8.81. The van der Waals surface area contributed by atoms with E-state index in [1.807, 2.05) is 0 Å². The molecule has 2 N–H and O–H groups in total. The van der Waals surface area contributed by atoms with E-state index in [-0.39, 0.29) is 15.5 Å². The number of hydrogen-bond donors (Lipinski definition) is 2. The first kappa shape index (κ1) is 16.8. The minimum absolute atomic E-state index is 0.0938. The predicted octanol–water partition coefficient (Wildman–Crippen LogP) is 3.32. The molecule has 4 saturated carbocycles. The van der Waals surface area contributed by atoms with Crippen LogP contribution in [0.25, 0.3) is 0 Å². The van der Waals surface area contributed by atoms with Gasteiger partial charge in [0.05, 0.1) is 4.34 Å². The fraction of sp³-hybridized carbons (Fsp3) is 0.688. The van der Waals surface area contributed by atoms with Crippen molar-refractivity contribution < 1.29 is 13.2 Å². The summed E-state index contributed by atoms with van der Waals surface area (Å²) in [6, 6.07) is 2.96. The molecule has 4 aliphatic carbocycles. The van der Waals surface area contributed by atoms with Crippen LogP contribution in [0.2, 0.25) is 4.34 Å². The Morgan fingerprint density at radius 2 is 1.75 bits per heavy atom. The maximum atomic E-state index is 12.4. The van der Waals surface area contributed by atoms with Gasteiger partial charge in [-0.1, -0.05) is 11.6 Å². The second kappa shape index (κ2) is 5.97. The van der Waals surface area contributed by atoms with E-state index in [0.29, 0.717) is 10.8 Å². The van der Waals surface area contributed by atoms with Crippen LogP contribution in [0.3, 0.4) is 0 Å². The molecule has 0 aromatic carbocycles. The Morgan fingerprint density at radius 3 is 2.25 bits per heavy atom. The SMILES string of the molecule is O=C(CC12CC3CC(CC(C3)C1)C2)NNS(=O)(=O)c1ccc(Cl)s1. The fourth-order valence-electron chi connectivity index (χ4n) is 5.51. The zero-order valence-electron chi connectivity index (χ0n) is 13.3. The summed E-state index contributed by atoms with van der Waals surface area (Å²) in [4.78, 5) is 14.5. The average Bonchev–Trinajstić information content (AvgIpc) is 2.91. The lowest BCUT2D eigenvalue weighted by Gasteiger charge is -2.56. The number of hydrogen-bond acceptors (Lipinski definition) is 4. The molecule has 0 saturated heterocycles. The van der Waals surface area contributed by atoms with Crippen molar-refractivity contribution in [3.05, 3.63) is 16.5 Å². The first-order valence-corrected chi connectivity index (χ1v) is 11.1. The molecule has 24 heavy (non-hydrogen) atoms. The molecule has 1 aromatic rings. The molecular weight excluding hydrogens is 368 g/mol. The van der Waals surface area contributed by atoms with Crippen molar-refractivity contribution in [3.63, 3.8) is 0 Å². The van der Waals surface area contributed by atoms with Crippen LogP contribution in [0.5, 0.6) is 0 Å². The van der Waals surface area contributed by atoms with Crippen LogP contribution in [0, 0.1) is 23.2 Å². The molecule has 4 bridgehead atoms. The summed E-state index contributed by atoms with van der Waals surface area (Å²) in [6.07, 6.45) is 7.77. The zero-order valence-corrected chi connectivity index (χ0v) is 15.6. The summed E-state index contributed by atoms with van der Waals surface area (Å²) < 4.78 is 24.8. The van der Waals surface area contributed by atoms with E-state index in [2.05, 4.69) is 10.3 Å². The largest absolute Gasteiger partial charge is 0.278 e. The van der Waals surface area contributed by atoms with Gasteiger partial charge in [0.2, 0.25) is 5.91 Å². The maximum Gasteiger partial charge on any atom is 0.266 e. The van der Waals surface area contributed by atoms with Crippen LogP contribution in [0.4, 0.5) is 0 Å². The number of rotatable bonds is 5. The molecule has 132 valence electrons. The Balaban J connectivity index is 1.37. The third kappa shape index (κ3) is 3.23. The van der Waals surface area contributed by atoms with E-state index in [1.54, 1.807) is 0 Å². The number of sulfonamides is 1. The van der Waals surface area contributed by atoms with Crippen molar-refractivity contribution in [1.82, 2.24) is 10.3 Å². The van der Waals surface area contributed by atoms with Crippen molar-refractivity contribution >= 4 is 38.9 Å². The molecule has 1 heterocycles. The zero-order chi connectivity index (χ0) is 16.9. The number of thiophene rings is 1. The molecule has 1 amide bonds. The molecule has 1 aromatic heterocycles. The Labute approximate surface area is 151 Å². The van der Waals surface area contributed by atoms with Crippen molar-refractivity contribution in [1.29, 1.82) is 0 Å². The van der Waals surface area contributed by atoms with Crippen LogP contribution in [-0.2, 0) is 14.8 Å².